The molecule has 2 rings (SSSR count). The van der Waals surface area contributed by atoms with Crippen LogP contribution in [0.2, 0.25) is 0 Å². The molecule has 1 aromatic carbocycles. The molecule has 0 fully saturated rings. The first-order valence-corrected chi connectivity index (χ1v) is 11.2. The molecular formula is C25H36N6O2. The van der Waals surface area contributed by atoms with Gasteiger partial charge in [0.05, 0.1) is 22.9 Å². The van der Waals surface area contributed by atoms with E-state index < -0.39 is 0 Å². The number of hydrogen-bond donors (Lipinski definition) is 2. The first-order valence-electron chi connectivity index (χ1n) is 11.2. The maximum Gasteiger partial charge on any atom is 0.322 e. The lowest BCUT2D eigenvalue weighted by atomic mass is 9.92. The van der Waals surface area contributed by atoms with Gasteiger partial charge in [0.2, 0.25) is 5.91 Å². The van der Waals surface area contributed by atoms with Crippen LogP contribution in [0.15, 0.2) is 30.3 Å². The summed E-state index contributed by atoms with van der Waals surface area (Å²) in [6.07, 6.45) is 0. The number of hydrogen-bond acceptors (Lipinski definition) is 4. The van der Waals surface area contributed by atoms with E-state index in [1.54, 1.807) is 24.3 Å². The van der Waals surface area contributed by atoms with Crippen molar-refractivity contribution in [2.75, 3.05) is 23.7 Å². The zero-order chi connectivity index (χ0) is 25.0. The second-order valence-corrected chi connectivity index (χ2v) is 10.7. The van der Waals surface area contributed by atoms with E-state index in [4.69, 9.17) is 10.4 Å². The normalized spacial score (nSPS) is 11.8. The van der Waals surface area contributed by atoms with Crippen molar-refractivity contribution in [1.29, 1.82) is 5.26 Å². The fourth-order valence-electron chi connectivity index (χ4n) is 3.19. The number of urea groups is 1. The molecule has 0 unspecified atom stereocenters. The lowest BCUT2D eigenvalue weighted by Crippen LogP contribution is -2.43. The summed E-state index contributed by atoms with van der Waals surface area (Å²) in [6.45, 7) is 16.6. The van der Waals surface area contributed by atoms with Crippen molar-refractivity contribution < 1.29 is 9.59 Å². The second-order valence-electron chi connectivity index (χ2n) is 10.7. The predicted molar refractivity (Wildman–Crippen MR) is 131 cm³/mol. The molecule has 0 aliphatic rings. The highest BCUT2D eigenvalue weighted by Crippen LogP contribution is 2.28. The van der Waals surface area contributed by atoms with Gasteiger partial charge in [-0.3, -0.25) is 4.79 Å². The van der Waals surface area contributed by atoms with Crippen LogP contribution in [0.5, 0.6) is 0 Å². The van der Waals surface area contributed by atoms with Crippen molar-refractivity contribution in [3.05, 3.63) is 41.6 Å². The summed E-state index contributed by atoms with van der Waals surface area (Å²) in [5, 5.41) is 19.4. The Kier molecular flexibility index (Phi) is 7.91. The maximum atomic E-state index is 13.0. The zero-order valence-corrected chi connectivity index (χ0v) is 21.0. The summed E-state index contributed by atoms with van der Waals surface area (Å²) in [5.41, 5.74) is 1.47. The number of nitrogens with one attached hydrogen (secondary N) is 2. The number of carbonyl (C=O) groups excluding carboxylic acids is 2. The molecule has 8 nitrogen and oxygen atoms in total. The van der Waals surface area contributed by atoms with Crippen LogP contribution in [0.3, 0.4) is 0 Å². The summed E-state index contributed by atoms with van der Waals surface area (Å²) in [6, 6.07) is 10.2. The van der Waals surface area contributed by atoms with Crippen molar-refractivity contribution in [1.82, 2.24) is 14.7 Å². The molecule has 33 heavy (non-hydrogen) atoms. The summed E-state index contributed by atoms with van der Waals surface area (Å²) in [5.74, 6) is 0.489. The van der Waals surface area contributed by atoms with Crippen molar-refractivity contribution in [2.45, 2.75) is 66.3 Å². The van der Waals surface area contributed by atoms with Crippen LogP contribution < -0.4 is 10.6 Å². The van der Waals surface area contributed by atoms with Crippen LogP contribution in [0, 0.1) is 17.2 Å². The fourth-order valence-corrected chi connectivity index (χ4v) is 3.19. The minimum atomic E-state index is -0.372. The lowest BCUT2D eigenvalue weighted by Gasteiger charge is -2.26. The standard InChI is InChI=1S/C25H36N6O2/c1-17(2)15-30(23(33)27-19-11-9-18(14-26)10-12-19)16-22(32)28-21-13-20(24(3,4)5)29-31(21)25(6,7)8/h9-13,17H,15-16H2,1-8H3,(H,27,33)(H,28,32). The summed E-state index contributed by atoms with van der Waals surface area (Å²) in [7, 11) is 0. The molecule has 3 amide bonds. The Morgan fingerprint density at radius 1 is 1.09 bits per heavy atom. The van der Waals surface area contributed by atoms with Crippen molar-refractivity contribution >= 4 is 23.4 Å². The predicted octanol–water partition coefficient (Wildman–Crippen LogP) is 4.94. The minimum absolute atomic E-state index is 0.0968. The van der Waals surface area contributed by atoms with Crippen LogP contribution >= 0.6 is 0 Å². The van der Waals surface area contributed by atoms with E-state index in [1.807, 2.05) is 51.4 Å². The van der Waals surface area contributed by atoms with Crippen LogP contribution in [-0.2, 0) is 15.7 Å². The number of aromatic nitrogens is 2. The van der Waals surface area contributed by atoms with E-state index in [0.29, 0.717) is 23.6 Å². The van der Waals surface area contributed by atoms with Crippen LogP contribution in [0.25, 0.3) is 0 Å². The molecule has 2 aromatic rings. The third-order valence-electron chi connectivity index (χ3n) is 4.85. The number of nitrogens with zero attached hydrogens (tertiary/aromatic N) is 4. The van der Waals surface area contributed by atoms with E-state index in [0.717, 1.165) is 5.69 Å². The summed E-state index contributed by atoms with van der Waals surface area (Å²) >= 11 is 0. The highest BCUT2D eigenvalue weighted by Gasteiger charge is 2.26. The van der Waals surface area contributed by atoms with E-state index in [9.17, 15) is 9.59 Å². The van der Waals surface area contributed by atoms with Crippen LogP contribution in [0.4, 0.5) is 16.3 Å². The molecule has 0 spiro atoms. The van der Waals surface area contributed by atoms with Crippen molar-refractivity contribution in [2.24, 2.45) is 5.92 Å². The van der Waals surface area contributed by atoms with E-state index in [2.05, 4.69) is 31.4 Å². The Hall–Kier alpha value is -3.34. The maximum absolute atomic E-state index is 13.0. The Labute approximate surface area is 197 Å². The third kappa shape index (κ3) is 7.35. The number of rotatable bonds is 6. The highest BCUT2D eigenvalue weighted by molar-refractivity contribution is 5.96. The average molecular weight is 453 g/mol. The quantitative estimate of drug-likeness (QED) is 0.648. The van der Waals surface area contributed by atoms with Crippen LogP contribution in [0.1, 0.15) is 66.6 Å². The van der Waals surface area contributed by atoms with Gasteiger partial charge in [-0.05, 0) is 51.0 Å². The summed E-state index contributed by atoms with van der Waals surface area (Å²) < 4.78 is 1.81. The van der Waals surface area contributed by atoms with Gasteiger partial charge < -0.3 is 15.5 Å². The first-order chi connectivity index (χ1) is 15.2. The third-order valence-corrected chi connectivity index (χ3v) is 4.85. The first kappa shape index (κ1) is 25.9. The highest BCUT2D eigenvalue weighted by atomic mass is 16.2. The molecule has 0 aliphatic heterocycles. The Balaban J connectivity index is 2.19. The molecule has 0 saturated carbocycles. The number of benzene rings is 1. The van der Waals surface area contributed by atoms with E-state index >= 15 is 0 Å². The van der Waals surface area contributed by atoms with Gasteiger partial charge in [0, 0.05) is 23.7 Å². The molecule has 0 atom stereocenters. The van der Waals surface area contributed by atoms with Gasteiger partial charge >= 0.3 is 6.03 Å². The second kappa shape index (κ2) is 10.1. The molecule has 8 heteroatoms. The van der Waals surface area contributed by atoms with Crippen molar-refractivity contribution in [3.8, 4) is 6.07 Å². The topological polar surface area (TPSA) is 103 Å². The lowest BCUT2D eigenvalue weighted by molar-refractivity contribution is -0.116. The summed E-state index contributed by atoms with van der Waals surface area (Å²) in [4.78, 5) is 27.4. The minimum Gasteiger partial charge on any atom is -0.315 e. The van der Waals surface area contributed by atoms with E-state index in [-0.39, 0.29) is 35.4 Å². The van der Waals surface area contributed by atoms with Gasteiger partial charge in [-0.15, -0.1) is 0 Å². The van der Waals surface area contributed by atoms with Gasteiger partial charge in [0.1, 0.15) is 12.4 Å². The Bertz CT molecular complexity index is 1020. The molecule has 2 N–H and O–H groups in total. The number of amides is 3. The number of nitriles is 1. The van der Waals surface area contributed by atoms with Crippen molar-refractivity contribution in [3.63, 3.8) is 0 Å². The van der Waals surface area contributed by atoms with Gasteiger partial charge in [0.15, 0.2) is 0 Å². The molecule has 178 valence electrons. The molecule has 0 saturated heterocycles. The van der Waals surface area contributed by atoms with Gasteiger partial charge in [-0.25, -0.2) is 9.48 Å². The molecule has 1 heterocycles. The SMILES string of the molecule is CC(C)CN(CC(=O)Nc1cc(C(C)(C)C)nn1C(C)(C)C)C(=O)Nc1ccc(C#N)cc1. The van der Waals surface area contributed by atoms with E-state index in [1.165, 1.54) is 4.90 Å². The molecule has 0 radical (unpaired) electrons. The van der Waals surface area contributed by atoms with Gasteiger partial charge in [-0.1, -0.05) is 34.6 Å². The molecular weight excluding hydrogens is 416 g/mol. The zero-order valence-electron chi connectivity index (χ0n) is 21.0. The largest absolute Gasteiger partial charge is 0.322 e. The van der Waals surface area contributed by atoms with Crippen LogP contribution in [-0.4, -0.2) is 39.7 Å². The molecule has 0 bridgehead atoms. The van der Waals surface area contributed by atoms with Gasteiger partial charge in [-0.2, -0.15) is 10.4 Å². The molecule has 0 aliphatic carbocycles. The average Bonchev–Trinajstić information content (AvgIpc) is 3.12. The Morgan fingerprint density at radius 3 is 2.18 bits per heavy atom. The Morgan fingerprint density at radius 2 is 1.70 bits per heavy atom. The fraction of sp³-hybridized carbons (Fsp3) is 0.520. The smallest absolute Gasteiger partial charge is 0.315 e. The molecule has 1 aromatic heterocycles. The van der Waals surface area contributed by atoms with Gasteiger partial charge in [0.25, 0.3) is 0 Å². The number of carbonyl (C=O) groups is 2. The monoisotopic (exact) mass is 452 g/mol. The number of anilines is 2.